The van der Waals surface area contributed by atoms with Crippen molar-refractivity contribution in [3.05, 3.63) is 29.0 Å². The second-order valence-corrected chi connectivity index (χ2v) is 5.15. The van der Waals surface area contributed by atoms with Gasteiger partial charge in [0, 0.05) is 7.05 Å². The molecule has 1 aromatic carbocycles. The number of nitrogens with one attached hydrogen (secondary N) is 1. The normalized spacial score (nSPS) is 11.0. The highest BCUT2D eigenvalue weighted by Crippen LogP contribution is 2.23. The minimum absolute atomic E-state index is 0.00895. The molecule has 0 aliphatic heterocycles. The summed E-state index contributed by atoms with van der Waals surface area (Å²) in [5.41, 5.74) is 1.94. The Labute approximate surface area is 111 Å². The number of hydrogen-bond acceptors (Lipinski definition) is 3. The number of nitrogens with zero attached hydrogens (tertiary/aromatic N) is 1. The van der Waals surface area contributed by atoms with Crippen LogP contribution < -0.4 is 10.4 Å². The second kappa shape index (κ2) is 5.44. The fourth-order valence-corrected chi connectivity index (χ4v) is 1.42. The van der Waals surface area contributed by atoms with E-state index in [1.807, 2.05) is 0 Å². The Balaban J connectivity index is 2.74. The van der Waals surface area contributed by atoms with Crippen LogP contribution in [-0.2, 0) is 4.74 Å². The van der Waals surface area contributed by atoms with Gasteiger partial charge in [0.05, 0.1) is 10.7 Å². The van der Waals surface area contributed by atoms with Crippen LogP contribution >= 0.6 is 11.6 Å². The molecule has 4 nitrogen and oxygen atoms in total. The van der Waals surface area contributed by atoms with E-state index < -0.39 is 17.5 Å². The van der Waals surface area contributed by atoms with Crippen molar-refractivity contribution in [1.29, 1.82) is 0 Å². The smallest absolute Gasteiger partial charge is 0.426 e. The molecule has 0 bridgehead atoms. The first-order valence-electron chi connectivity index (χ1n) is 5.38. The minimum Gasteiger partial charge on any atom is -0.443 e. The molecule has 0 aromatic heterocycles. The molecule has 1 amide bonds. The van der Waals surface area contributed by atoms with Gasteiger partial charge in [-0.15, -0.1) is 0 Å². The summed E-state index contributed by atoms with van der Waals surface area (Å²) in [7, 11) is 1.50. The van der Waals surface area contributed by atoms with E-state index in [1.54, 1.807) is 26.8 Å². The van der Waals surface area contributed by atoms with Gasteiger partial charge in [-0.2, -0.15) is 0 Å². The van der Waals surface area contributed by atoms with Crippen LogP contribution in [0, 0.1) is 5.82 Å². The van der Waals surface area contributed by atoms with E-state index in [2.05, 4.69) is 5.43 Å². The molecule has 0 heterocycles. The molecule has 0 saturated heterocycles. The van der Waals surface area contributed by atoms with Crippen molar-refractivity contribution in [2.75, 3.05) is 12.1 Å². The van der Waals surface area contributed by atoms with E-state index in [9.17, 15) is 9.18 Å². The van der Waals surface area contributed by atoms with Crippen LogP contribution in [0.5, 0.6) is 0 Å². The molecule has 0 aliphatic rings. The molecule has 0 radical (unpaired) electrons. The van der Waals surface area contributed by atoms with Crippen molar-refractivity contribution >= 4 is 23.4 Å². The van der Waals surface area contributed by atoms with Crippen LogP contribution in [0.4, 0.5) is 14.9 Å². The molecule has 1 aromatic rings. The summed E-state index contributed by atoms with van der Waals surface area (Å²) in [6.07, 6.45) is -0.663. The van der Waals surface area contributed by atoms with E-state index in [0.717, 1.165) is 0 Å². The molecule has 1 N–H and O–H groups in total. The van der Waals surface area contributed by atoms with Gasteiger partial charge in [0.25, 0.3) is 0 Å². The second-order valence-electron chi connectivity index (χ2n) is 4.75. The average molecular weight is 275 g/mol. The van der Waals surface area contributed by atoms with Crippen LogP contribution in [0.1, 0.15) is 20.8 Å². The fraction of sp³-hybridized carbons (Fsp3) is 0.417. The standard InChI is InChI=1S/C12H16ClFN2O2/c1-12(2,3)18-11(17)15-16(4)9-7-5-6-8(13)10(9)14/h5-7H,1-4H3,(H,15,17). The number of carbonyl (C=O) groups excluding carboxylic acids is 1. The highest BCUT2D eigenvalue weighted by molar-refractivity contribution is 6.31. The Morgan fingerprint density at radius 2 is 2.06 bits per heavy atom. The molecule has 100 valence electrons. The van der Waals surface area contributed by atoms with E-state index in [4.69, 9.17) is 16.3 Å². The summed E-state index contributed by atoms with van der Waals surface area (Å²) in [4.78, 5) is 11.5. The van der Waals surface area contributed by atoms with Gasteiger partial charge < -0.3 is 4.74 Å². The van der Waals surface area contributed by atoms with Gasteiger partial charge in [0.2, 0.25) is 0 Å². The first-order chi connectivity index (χ1) is 8.20. The number of benzene rings is 1. The van der Waals surface area contributed by atoms with Gasteiger partial charge in [-0.25, -0.2) is 14.6 Å². The molecule has 0 atom stereocenters. The van der Waals surface area contributed by atoms with Gasteiger partial charge in [-0.05, 0) is 32.9 Å². The third kappa shape index (κ3) is 4.07. The number of rotatable bonds is 2. The van der Waals surface area contributed by atoms with Gasteiger partial charge in [-0.1, -0.05) is 17.7 Å². The molecular formula is C12H16ClFN2O2. The van der Waals surface area contributed by atoms with Crippen molar-refractivity contribution < 1.29 is 13.9 Å². The third-order valence-corrected chi connectivity index (χ3v) is 2.24. The van der Waals surface area contributed by atoms with Crippen molar-refractivity contribution in [2.24, 2.45) is 0 Å². The van der Waals surface area contributed by atoms with Crippen LogP contribution in [0.15, 0.2) is 18.2 Å². The zero-order chi connectivity index (χ0) is 13.9. The summed E-state index contributed by atoms with van der Waals surface area (Å²) < 4.78 is 18.7. The summed E-state index contributed by atoms with van der Waals surface area (Å²) in [6.45, 7) is 5.23. The molecule has 0 aliphatic carbocycles. The van der Waals surface area contributed by atoms with Crippen molar-refractivity contribution in [3.63, 3.8) is 0 Å². The number of halogens is 2. The Kier molecular flexibility index (Phi) is 4.40. The van der Waals surface area contributed by atoms with Gasteiger partial charge >= 0.3 is 6.09 Å². The van der Waals surface area contributed by atoms with Crippen LogP contribution in [-0.4, -0.2) is 18.7 Å². The minimum atomic E-state index is -0.663. The van der Waals surface area contributed by atoms with Gasteiger partial charge in [0.1, 0.15) is 5.60 Å². The zero-order valence-corrected chi connectivity index (χ0v) is 11.5. The van der Waals surface area contributed by atoms with Crippen molar-refractivity contribution in [3.8, 4) is 0 Å². The Bertz CT molecular complexity index is 446. The molecule has 18 heavy (non-hydrogen) atoms. The lowest BCUT2D eigenvalue weighted by Crippen LogP contribution is -2.43. The monoisotopic (exact) mass is 274 g/mol. The predicted molar refractivity (Wildman–Crippen MR) is 69.2 cm³/mol. The topological polar surface area (TPSA) is 41.6 Å². The molecule has 0 saturated carbocycles. The zero-order valence-electron chi connectivity index (χ0n) is 10.8. The third-order valence-electron chi connectivity index (χ3n) is 1.95. The lowest BCUT2D eigenvalue weighted by Gasteiger charge is -2.24. The van der Waals surface area contributed by atoms with E-state index >= 15 is 0 Å². The van der Waals surface area contributed by atoms with Crippen LogP contribution in [0.3, 0.4) is 0 Å². The number of amides is 1. The first kappa shape index (κ1) is 14.6. The average Bonchev–Trinajstić information content (AvgIpc) is 2.18. The molecule has 1 rings (SSSR count). The maximum atomic E-state index is 13.7. The fourth-order valence-electron chi connectivity index (χ4n) is 1.25. The highest BCUT2D eigenvalue weighted by Gasteiger charge is 2.18. The molecule has 0 fully saturated rings. The number of hydrogen-bond donors (Lipinski definition) is 1. The van der Waals surface area contributed by atoms with E-state index in [1.165, 1.54) is 24.2 Å². The Hall–Kier alpha value is -1.49. The maximum absolute atomic E-state index is 13.7. The highest BCUT2D eigenvalue weighted by atomic mass is 35.5. The molecule has 0 spiro atoms. The van der Waals surface area contributed by atoms with Gasteiger partial charge in [-0.3, -0.25) is 5.01 Å². The van der Waals surface area contributed by atoms with Gasteiger partial charge in [0.15, 0.2) is 5.82 Å². The number of hydrazine groups is 1. The lowest BCUT2D eigenvalue weighted by atomic mass is 10.2. The van der Waals surface area contributed by atoms with Crippen LogP contribution in [0.25, 0.3) is 0 Å². The van der Waals surface area contributed by atoms with Crippen molar-refractivity contribution in [1.82, 2.24) is 5.43 Å². The van der Waals surface area contributed by atoms with E-state index in [-0.39, 0.29) is 10.7 Å². The summed E-state index contributed by atoms with van der Waals surface area (Å²) in [5, 5.41) is 1.21. The van der Waals surface area contributed by atoms with Crippen LogP contribution in [0.2, 0.25) is 5.02 Å². The summed E-state index contributed by atoms with van der Waals surface area (Å²) >= 11 is 5.66. The lowest BCUT2D eigenvalue weighted by molar-refractivity contribution is 0.0524. The molecule has 0 unspecified atom stereocenters. The Morgan fingerprint density at radius 3 is 2.61 bits per heavy atom. The quantitative estimate of drug-likeness (QED) is 0.841. The number of ether oxygens (including phenoxy) is 1. The number of carbonyl (C=O) groups is 1. The predicted octanol–water partition coefficient (Wildman–Crippen LogP) is 3.36. The van der Waals surface area contributed by atoms with E-state index in [0.29, 0.717) is 0 Å². The SMILES string of the molecule is CN(NC(=O)OC(C)(C)C)c1cccc(Cl)c1F. The Morgan fingerprint density at radius 1 is 1.44 bits per heavy atom. The molecular weight excluding hydrogens is 259 g/mol. The largest absolute Gasteiger partial charge is 0.443 e. The summed E-state index contributed by atoms with van der Waals surface area (Å²) in [5.74, 6) is -0.599. The first-order valence-corrected chi connectivity index (χ1v) is 5.76. The number of anilines is 1. The maximum Gasteiger partial charge on any atom is 0.426 e. The molecule has 6 heteroatoms. The van der Waals surface area contributed by atoms with Crippen molar-refractivity contribution in [2.45, 2.75) is 26.4 Å². The summed E-state index contributed by atoms with van der Waals surface area (Å²) in [6, 6.07) is 4.52.